The van der Waals surface area contributed by atoms with Crippen LogP contribution in [0.4, 0.5) is 0 Å². The molecule has 0 bridgehead atoms. The maximum absolute atomic E-state index is 5.22. The zero-order valence-corrected chi connectivity index (χ0v) is 29.8. The summed E-state index contributed by atoms with van der Waals surface area (Å²) in [7, 11) is 0. The van der Waals surface area contributed by atoms with Crippen molar-refractivity contribution in [1.82, 2.24) is 19.5 Å². The van der Waals surface area contributed by atoms with Gasteiger partial charge in [-0.25, -0.2) is 15.0 Å². The molecule has 0 aliphatic rings. The number of fused-ring (bicyclic) bond motifs is 7. The van der Waals surface area contributed by atoms with Crippen molar-refractivity contribution >= 4 is 54.1 Å². The van der Waals surface area contributed by atoms with Gasteiger partial charge in [-0.1, -0.05) is 170 Å². The molecule has 0 amide bonds. The van der Waals surface area contributed by atoms with Crippen LogP contribution in [0.5, 0.6) is 0 Å². The Balaban J connectivity index is 1.29. The fourth-order valence-electron chi connectivity index (χ4n) is 8.27. The zero-order chi connectivity index (χ0) is 36.3. The lowest BCUT2D eigenvalue weighted by molar-refractivity contribution is 1.08. The molecule has 2 aromatic heterocycles. The highest BCUT2D eigenvalue weighted by atomic mass is 15.0. The number of hydrogen-bond acceptors (Lipinski definition) is 3. The fraction of sp³-hybridized carbons (Fsp3) is 0. The first kappa shape index (κ1) is 31.1. The summed E-state index contributed by atoms with van der Waals surface area (Å²) in [6.45, 7) is 0. The first-order chi connectivity index (χ1) is 27.3. The van der Waals surface area contributed by atoms with Crippen molar-refractivity contribution in [3.63, 3.8) is 0 Å². The molecule has 256 valence electrons. The van der Waals surface area contributed by atoms with Gasteiger partial charge in [0, 0.05) is 38.4 Å². The highest BCUT2D eigenvalue weighted by molar-refractivity contribution is 6.24. The van der Waals surface area contributed by atoms with Crippen molar-refractivity contribution in [3.05, 3.63) is 194 Å². The third-order valence-corrected chi connectivity index (χ3v) is 10.8. The normalized spacial score (nSPS) is 11.6. The Labute approximate surface area is 317 Å². The summed E-state index contributed by atoms with van der Waals surface area (Å²) >= 11 is 0. The predicted octanol–water partition coefficient (Wildman–Crippen LogP) is 13.1. The van der Waals surface area contributed by atoms with E-state index >= 15 is 0 Å². The van der Waals surface area contributed by atoms with Gasteiger partial charge >= 0.3 is 0 Å². The van der Waals surface area contributed by atoms with Gasteiger partial charge in [-0.2, -0.15) is 0 Å². The summed E-state index contributed by atoms with van der Waals surface area (Å²) in [6, 6.07) is 68.8. The minimum atomic E-state index is 0.631. The average molecular weight is 701 g/mol. The van der Waals surface area contributed by atoms with Gasteiger partial charge in [0.2, 0.25) is 0 Å². The largest absolute Gasteiger partial charge is 0.308 e. The van der Waals surface area contributed by atoms with Gasteiger partial charge < -0.3 is 4.57 Å². The summed E-state index contributed by atoms with van der Waals surface area (Å²) in [4.78, 5) is 15.4. The fourth-order valence-corrected chi connectivity index (χ4v) is 8.27. The van der Waals surface area contributed by atoms with Gasteiger partial charge in [0.15, 0.2) is 17.5 Å². The van der Waals surface area contributed by atoms with Gasteiger partial charge in [0.05, 0.1) is 16.7 Å². The molecule has 0 atom stereocenters. The predicted molar refractivity (Wildman–Crippen MR) is 228 cm³/mol. The molecule has 0 aliphatic carbocycles. The van der Waals surface area contributed by atoms with E-state index in [1.54, 1.807) is 0 Å². The van der Waals surface area contributed by atoms with Gasteiger partial charge in [-0.3, -0.25) is 0 Å². The molecule has 0 unspecified atom stereocenters. The summed E-state index contributed by atoms with van der Waals surface area (Å²) in [6.07, 6.45) is 0. The van der Waals surface area contributed by atoms with Gasteiger partial charge in [0.25, 0.3) is 0 Å². The Morgan fingerprint density at radius 2 is 0.818 bits per heavy atom. The Morgan fingerprint density at radius 1 is 0.309 bits per heavy atom. The number of rotatable bonds is 5. The lowest BCUT2D eigenvalue weighted by Gasteiger charge is -2.20. The molecule has 0 saturated carbocycles. The molecule has 0 N–H and O–H groups in total. The van der Waals surface area contributed by atoms with Crippen LogP contribution in [0.3, 0.4) is 0 Å². The van der Waals surface area contributed by atoms with E-state index in [9.17, 15) is 0 Å². The molecule has 2 heterocycles. The van der Waals surface area contributed by atoms with Crippen LogP contribution in [0.2, 0.25) is 0 Å². The highest BCUT2D eigenvalue weighted by Crippen LogP contribution is 2.45. The number of nitrogens with zero attached hydrogens (tertiary/aromatic N) is 4. The number of benzene rings is 9. The quantitative estimate of drug-likeness (QED) is 0.179. The van der Waals surface area contributed by atoms with Crippen molar-refractivity contribution in [2.75, 3.05) is 0 Å². The summed E-state index contributed by atoms with van der Waals surface area (Å²) < 4.78 is 2.50. The minimum absolute atomic E-state index is 0.631. The lowest BCUT2D eigenvalue weighted by atomic mass is 9.93. The molecule has 11 rings (SSSR count). The van der Waals surface area contributed by atoms with Crippen LogP contribution < -0.4 is 0 Å². The van der Waals surface area contributed by atoms with E-state index < -0.39 is 0 Å². The molecule has 0 radical (unpaired) electrons. The summed E-state index contributed by atoms with van der Waals surface area (Å²) in [5, 5.41) is 9.57. The molecule has 11 aromatic rings. The smallest absolute Gasteiger partial charge is 0.164 e. The first-order valence-electron chi connectivity index (χ1n) is 18.6. The third-order valence-electron chi connectivity index (χ3n) is 10.8. The number of hydrogen-bond donors (Lipinski definition) is 0. The molecule has 9 aromatic carbocycles. The summed E-state index contributed by atoms with van der Waals surface area (Å²) in [5.74, 6) is 1.91. The minimum Gasteiger partial charge on any atom is -0.308 e. The molecule has 4 heteroatoms. The van der Waals surface area contributed by atoms with Crippen LogP contribution in [0.1, 0.15) is 0 Å². The molecule has 0 fully saturated rings. The van der Waals surface area contributed by atoms with E-state index in [0.29, 0.717) is 17.5 Å². The van der Waals surface area contributed by atoms with Gasteiger partial charge in [-0.15, -0.1) is 0 Å². The Morgan fingerprint density at radius 3 is 1.47 bits per heavy atom. The first-order valence-corrected chi connectivity index (χ1v) is 18.6. The Kier molecular flexibility index (Phi) is 7.14. The molecule has 4 nitrogen and oxygen atoms in total. The Hall–Kier alpha value is -7.43. The van der Waals surface area contributed by atoms with Crippen LogP contribution >= 0.6 is 0 Å². The topological polar surface area (TPSA) is 43.6 Å². The van der Waals surface area contributed by atoms with E-state index in [-0.39, 0.29) is 0 Å². The van der Waals surface area contributed by atoms with Crippen molar-refractivity contribution in [2.45, 2.75) is 0 Å². The summed E-state index contributed by atoms with van der Waals surface area (Å²) in [5.41, 5.74) is 8.49. The molecule has 0 saturated heterocycles. The molecular weight excluding hydrogens is 669 g/mol. The average Bonchev–Trinajstić information content (AvgIpc) is 3.58. The maximum atomic E-state index is 5.22. The second kappa shape index (κ2) is 12.6. The van der Waals surface area contributed by atoms with Crippen LogP contribution in [0.25, 0.3) is 105 Å². The Bertz CT molecular complexity index is 3180. The van der Waals surface area contributed by atoms with E-state index in [4.69, 9.17) is 15.0 Å². The van der Waals surface area contributed by atoms with Crippen molar-refractivity contribution in [1.29, 1.82) is 0 Å². The van der Waals surface area contributed by atoms with E-state index in [0.717, 1.165) is 55.3 Å². The van der Waals surface area contributed by atoms with E-state index in [1.807, 2.05) is 36.4 Å². The third kappa shape index (κ3) is 5.11. The molecule has 0 aliphatic heterocycles. The lowest BCUT2D eigenvalue weighted by Crippen LogP contribution is -2.03. The molecule has 0 spiro atoms. The standard InChI is InChI=1S/C51H32N4/c1-4-16-33(17-5-1)42-32-43(51-53-49(35-19-6-2-7-20-35)52-50(54-51)36-21-8-3-9-22-36)40-26-14-15-27-41(40)48(42)55-45-29-28-34-18-12-13-25-39(34)47(45)44-30-37-23-10-11-24-38(37)31-46(44)55/h1-32H. The second-order valence-electron chi connectivity index (χ2n) is 14.0. The van der Waals surface area contributed by atoms with Gasteiger partial charge in [-0.05, 0) is 56.8 Å². The van der Waals surface area contributed by atoms with Crippen LogP contribution in [-0.2, 0) is 0 Å². The van der Waals surface area contributed by atoms with E-state index in [1.165, 1.54) is 32.3 Å². The van der Waals surface area contributed by atoms with Crippen molar-refractivity contribution in [2.24, 2.45) is 0 Å². The van der Waals surface area contributed by atoms with Crippen LogP contribution in [0.15, 0.2) is 194 Å². The van der Waals surface area contributed by atoms with Crippen molar-refractivity contribution in [3.8, 4) is 51.0 Å². The van der Waals surface area contributed by atoms with Gasteiger partial charge in [0.1, 0.15) is 0 Å². The van der Waals surface area contributed by atoms with Crippen LogP contribution in [0, 0.1) is 0 Å². The maximum Gasteiger partial charge on any atom is 0.164 e. The van der Waals surface area contributed by atoms with Crippen molar-refractivity contribution < 1.29 is 0 Å². The van der Waals surface area contributed by atoms with E-state index in [2.05, 4.69) is 162 Å². The second-order valence-corrected chi connectivity index (χ2v) is 14.0. The molecule has 55 heavy (non-hydrogen) atoms. The SMILES string of the molecule is c1ccc(-c2nc(-c3ccccc3)nc(-c3cc(-c4ccccc4)c(-n4c5cc6ccccc6cc5c5c6ccccc6ccc54)c4ccccc34)n2)cc1. The molecular formula is C51H32N4. The zero-order valence-electron chi connectivity index (χ0n) is 29.8. The highest BCUT2D eigenvalue weighted by Gasteiger charge is 2.24. The monoisotopic (exact) mass is 700 g/mol. The van der Waals surface area contributed by atoms with Crippen LogP contribution in [-0.4, -0.2) is 19.5 Å². The number of aromatic nitrogens is 4.